The number of alkyl halides is 3. The third-order valence-corrected chi connectivity index (χ3v) is 1.84. The van der Waals surface area contributed by atoms with Crippen LogP contribution >= 0.6 is 0 Å². The van der Waals surface area contributed by atoms with E-state index < -0.39 is 29.7 Å². The van der Waals surface area contributed by atoms with Crippen LogP contribution < -0.4 is 5.32 Å². The predicted octanol–water partition coefficient (Wildman–Crippen LogP) is 2.18. The summed E-state index contributed by atoms with van der Waals surface area (Å²) in [6, 6.07) is -1.93. The molecule has 18 heavy (non-hydrogen) atoms. The molecule has 7 heteroatoms. The Labute approximate surface area is 104 Å². The van der Waals surface area contributed by atoms with Crippen molar-refractivity contribution in [2.24, 2.45) is 0 Å². The van der Waals surface area contributed by atoms with Crippen molar-refractivity contribution in [3.8, 4) is 0 Å². The van der Waals surface area contributed by atoms with Crippen molar-refractivity contribution in [3.63, 3.8) is 0 Å². The van der Waals surface area contributed by atoms with Gasteiger partial charge in [-0.15, -0.1) is 0 Å². The molecule has 0 saturated carbocycles. The van der Waals surface area contributed by atoms with E-state index in [-0.39, 0.29) is 12.8 Å². The lowest BCUT2D eigenvalue weighted by molar-refractivity contribution is -0.159. The Kier molecular flexibility index (Phi) is 5.63. The van der Waals surface area contributed by atoms with Gasteiger partial charge in [-0.1, -0.05) is 0 Å². The van der Waals surface area contributed by atoms with Crippen molar-refractivity contribution in [2.45, 2.75) is 58.4 Å². The minimum Gasteiger partial charge on any atom is -0.460 e. The molecule has 0 aliphatic carbocycles. The third-order valence-electron chi connectivity index (χ3n) is 1.84. The standard InChI is InChI=1S/C11H18F3NO3/c1-7(11(12,13)14)15-8(16)5-6-9(17)18-10(2,3)4/h7H,5-6H2,1-4H3,(H,15,16). The molecular weight excluding hydrogens is 251 g/mol. The predicted molar refractivity (Wildman–Crippen MR) is 58.7 cm³/mol. The number of amides is 1. The molecule has 106 valence electrons. The number of halogens is 3. The highest BCUT2D eigenvalue weighted by atomic mass is 19.4. The number of rotatable bonds is 4. The summed E-state index contributed by atoms with van der Waals surface area (Å²) < 4.78 is 41.3. The summed E-state index contributed by atoms with van der Waals surface area (Å²) in [5.74, 6) is -1.44. The van der Waals surface area contributed by atoms with E-state index in [1.807, 2.05) is 0 Å². The van der Waals surface area contributed by atoms with E-state index in [1.165, 1.54) is 0 Å². The molecule has 0 heterocycles. The molecule has 0 aromatic rings. The largest absolute Gasteiger partial charge is 0.460 e. The molecule has 1 unspecified atom stereocenters. The Morgan fingerprint density at radius 1 is 1.17 bits per heavy atom. The van der Waals surface area contributed by atoms with E-state index in [2.05, 4.69) is 0 Å². The normalized spacial score (nSPS) is 13.9. The van der Waals surface area contributed by atoms with Crippen molar-refractivity contribution in [3.05, 3.63) is 0 Å². The fourth-order valence-electron chi connectivity index (χ4n) is 1.00. The Bertz CT molecular complexity index is 308. The van der Waals surface area contributed by atoms with Gasteiger partial charge in [0.05, 0.1) is 6.42 Å². The Morgan fingerprint density at radius 2 is 1.67 bits per heavy atom. The highest BCUT2D eigenvalue weighted by molar-refractivity contribution is 5.81. The number of nitrogens with one attached hydrogen (secondary N) is 1. The first-order valence-corrected chi connectivity index (χ1v) is 5.50. The molecule has 1 N–H and O–H groups in total. The topological polar surface area (TPSA) is 55.4 Å². The van der Waals surface area contributed by atoms with Crippen LogP contribution in [0.4, 0.5) is 13.2 Å². The minimum atomic E-state index is -4.48. The molecule has 0 radical (unpaired) electrons. The first kappa shape index (κ1) is 16.7. The quantitative estimate of drug-likeness (QED) is 0.796. The van der Waals surface area contributed by atoms with Gasteiger partial charge in [0.2, 0.25) is 5.91 Å². The van der Waals surface area contributed by atoms with Gasteiger partial charge in [0.1, 0.15) is 11.6 Å². The number of ether oxygens (including phenoxy) is 1. The Balaban J connectivity index is 4.02. The molecule has 1 atom stereocenters. The van der Waals surface area contributed by atoms with Crippen LogP contribution in [0.25, 0.3) is 0 Å². The summed E-state index contributed by atoms with van der Waals surface area (Å²) in [6.07, 6.45) is -5.05. The van der Waals surface area contributed by atoms with E-state index in [1.54, 1.807) is 26.1 Å². The molecule has 0 bridgehead atoms. The number of hydrogen-bond donors (Lipinski definition) is 1. The van der Waals surface area contributed by atoms with E-state index in [0.29, 0.717) is 0 Å². The van der Waals surface area contributed by atoms with Crippen LogP contribution in [0.3, 0.4) is 0 Å². The van der Waals surface area contributed by atoms with Crippen molar-refractivity contribution in [1.29, 1.82) is 0 Å². The maximum Gasteiger partial charge on any atom is 0.408 e. The van der Waals surface area contributed by atoms with Gasteiger partial charge in [-0.05, 0) is 27.7 Å². The van der Waals surface area contributed by atoms with Crippen molar-refractivity contribution < 1.29 is 27.5 Å². The first-order chi connectivity index (χ1) is 7.92. The SMILES string of the molecule is CC(NC(=O)CCC(=O)OC(C)(C)C)C(F)(F)F. The van der Waals surface area contributed by atoms with Crippen LogP contribution in [-0.2, 0) is 14.3 Å². The van der Waals surface area contributed by atoms with E-state index in [9.17, 15) is 22.8 Å². The van der Waals surface area contributed by atoms with Crippen LogP contribution in [0, 0.1) is 0 Å². The van der Waals surface area contributed by atoms with Crippen LogP contribution in [0.15, 0.2) is 0 Å². The van der Waals surface area contributed by atoms with Gasteiger partial charge in [-0.2, -0.15) is 13.2 Å². The summed E-state index contributed by atoms with van der Waals surface area (Å²) in [5, 5.41) is 1.77. The zero-order valence-electron chi connectivity index (χ0n) is 10.9. The summed E-state index contributed by atoms with van der Waals surface area (Å²) in [5.41, 5.74) is -0.674. The molecule has 0 rings (SSSR count). The van der Waals surface area contributed by atoms with Gasteiger partial charge in [0.25, 0.3) is 0 Å². The summed E-state index contributed by atoms with van der Waals surface area (Å²) in [4.78, 5) is 22.4. The molecule has 0 fully saturated rings. The van der Waals surface area contributed by atoms with E-state index >= 15 is 0 Å². The van der Waals surface area contributed by atoms with Crippen molar-refractivity contribution in [1.82, 2.24) is 5.32 Å². The van der Waals surface area contributed by atoms with E-state index in [4.69, 9.17) is 4.74 Å². The molecule has 0 aromatic carbocycles. The average molecular weight is 269 g/mol. The maximum absolute atomic E-state index is 12.1. The van der Waals surface area contributed by atoms with Gasteiger partial charge in [-0.25, -0.2) is 0 Å². The van der Waals surface area contributed by atoms with Crippen LogP contribution in [0.2, 0.25) is 0 Å². The van der Waals surface area contributed by atoms with Crippen LogP contribution in [-0.4, -0.2) is 29.7 Å². The number of carbonyl (C=O) groups excluding carboxylic acids is 2. The van der Waals surface area contributed by atoms with Crippen molar-refractivity contribution >= 4 is 11.9 Å². The second-order valence-electron chi connectivity index (χ2n) is 4.92. The highest BCUT2D eigenvalue weighted by Crippen LogP contribution is 2.19. The highest BCUT2D eigenvalue weighted by Gasteiger charge is 2.36. The molecule has 0 saturated heterocycles. The van der Waals surface area contributed by atoms with Gasteiger partial charge in [0, 0.05) is 6.42 Å². The third kappa shape index (κ3) is 7.92. The van der Waals surface area contributed by atoms with Crippen LogP contribution in [0.5, 0.6) is 0 Å². The smallest absolute Gasteiger partial charge is 0.408 e. The summed E-state index contributed by atoms with van der Waals surface area (Å²) >= 11 is 0. The number of hydrogen-bond acceptors (Lipinski definition) is 3. The monoisotopic (exact) mass is 269 g/mol. The van der Waals surface area contributed by atoms with Gasteiger partial charge < -0.3 is 10.1 Å². The fourth-order valence-corrected chi connectivity index (χ4v) is 1.00. The molecule has 0 aliphatic rings. The van der Waals surface area contributed by atoms with Gasteiger partial charge in [-0.3, -0.25) is 9.59 Å². The fraction of sp³-hybridized carbons (Fsp3) is 0.818. The average Bonchev–Trinajstić information content (AvgIpc) is 2.10. The molecule has 4 nitrogen and oxygen atoms in total. The maximum atomic E-state index is 12.1. The molecule has 0 aromatic heterocycles. The first-order valence-electron chi connectivity index (χ1n) is 5.50. The molecule has 0 aliphatic heterocycles. The second kappa shape index (κ2) is 6.06. The van der Waals surface area contributed by atoms with Crippen molar-refractivity contribution in [2.75, 3.05) is 0 Å². The molecular formula is C11H18F3NO3. The summed E-state index contributed by atoms with van der Waals surface area (Å²) in [6.45, 7) is 5.83. The van der Waals surface area contributed by atoms with E-state index in [0.717, 1.165) is 6.92 Å². The second-order valence-corrected chi connectivity index (χ2v) is 4.92. The zero-order chi connectivity index (χ0) is 14.6. The van der Waals surface area contributed by atoms with Gasteiger partial charge >= 0.3 is 12.1 Å². The van der Waals surface area contributed by atoms with Crippen LogP contribution in [0.1, 0.15) is 40.5 Å². The molecule has 1 amide bonds. The Morgan fingerprint density at radius 3 is 2.06 bits per heavy atom. The lowest BCUT2D eigenvalue weighted by Crippen LogP contribution is -2.43. The number of carbonyl (C=O) groups is 2. The lowest BCUT2D eigenvalue weighted by atomic mass is 10.2. The lowest BCUT2D eigenvalue weighted by Gasteiger charge is -2.20. The van der Waals surface area contributed by atoms with Gasteiger partial charge in [0.15, 0.2) is 0 Å². The summed E-state index contributed by atoms with van der Waals surface area (Å²) in [7, 11) is 0. The number of esters is 1. The minimum absolute atomic E-state index is 0.242. The zero-order valence-corrected chi connectivity index (χ0v) is 10.9. The molecule has 0 spiro atoms. The Hall–Kier alpha value is -1.27.